The van der Waals surface area contributed by atoms with Crippen LogP contribution in [0.3, 0.4) is 0 Å². The molecule has 0 aliphatic carbocycles. The van der Waals surface area contributed by atoms with Gasteiger partial charge in [0.25, 0.3) is 5.95 Å². The van der Waals surface area contributed by atoms with Crippen molar-refractivity contribution in [3.8, 4) is 11.8 Å². The topological polar surface area (TPSA) is 87.0 Å². The van der Waals surface area contributed by atoms with Gasteiger partial charge in [0.05, 0.1) is 5.69 Å². The highest BCUT2D eigenvalue weighted by atomic mass is 32.2. The van der Waals surface area contributed by atoms with Crippen LogP contribution in [0.1, 0.15) is 29.6 Å². The second-order valence-corrected chi connectivity index (χ2v) is 7.48. The van der Waals surface area contributed by atoms with E-state index in [0.29, 0.717) is 17.7 Å². The monoisotopic (exact) mass is 372 g/mol. The summed E-state index contributed by atoms with van der Waals surface area (Å²) in [5.74, 6) is 0.405. The molecule has 0 bridgehead atoms. The van der Waals surface area contributed by atoms with Gasteiger partial charge in [0, 0.05) is 17.0 Å². The van der Waals surface area contributed by atoms with Crippen molar-refractivity contribution >= 4 is 10.1 Å². The largest absolute Gasteiger partial charge is 0.358 e. The molecular weight excluding hydrogens is 352 g/mol. The highest BCUT2D eigenvalue weighted by Crippen LogP contribution is 2.28. The molecule has 0 unspecified atom stereocenters. The molecule has 0 aliphatic rings. The van der Waals surface area contributed by atoms with Crippen LogP contribution in [0.4, 0.5) is 0 Å². The molecule has 3 rings (SSSR count). The summed E-state index contributed by atoms with van der Waals surface area (Å²) in [6.07, 6.45) is 0.566. The first-order valence-electron chi connectivity index (χ1n) is 8.22. The van der Waals surface area contributed by atoms with Gasteiger partial charge in [-0.05, 0) is 45.4 Å². The summed E-state index contributed by atoms with van der Waals surface area (Å²) in [5, 5.41) is 4.41. The van der Waals surface area contributed by atoms with E-state index < -0.39 is 10.1 Å². The van der Waals surface area contributed by atoms with Gasteiger partial charge in [0.1, 0.15) is 4.90 Å². The smallest absolute Gasteiger partial charge is 0.340 e. The molecule has 0 spiro atoms. The number of hydrogen-bond acceptors (Lipinski definition) is 6. The van der Waals surface area contributed by atoms with Crippen LogP contribution in [0.2, 0.25) is 0 Å². The molecular formula is C18H20N4O3S. The normalized spacial score (nSPS) is 11.5. The van der Waals surface area contributed by atoms with Crippen molar-refractivity contribution in [3.05, 3.63) is 59.0 Å². The van der Waals surface area contributed by atoms with E-state index in [1.165, 1.54) is 16.8 Å². The summed E-state index contributed by atoms with van der Waals surface area (Å²) in [5.41, 5.74) is 2.90. The van der Waals surface area contributed by atoms with E-state index >= 15 is 0 Å². The zero-order valence-corrected chi connectivity index (χ0v) is 15.9. The van der Waals surface area contributed by atoms with Gasteiger partial charge >= 0.3 is 10.1 Å². The Morgan fingerprint density at radius 2 is 1.65 bits per heavy atom. The molecule has 3 aromatic rings. The minimum absolute atomic E-state index is 0.0776. The Morgan fingerprint density at radius 1 is 1.04 bits per heavy atom. The molecule has 0 fully saturated rings. The van der Waals surface area contributed by atoms with Crippen LogP contribution in [0.25, 0.3) is 5.95 Å². The van der Waals surface area contributed by atoms with E-state index in [2.05, 4.69) is 15.1 Å². The van der Waals surface area contributed by atoms with E-state index in [9.17, 15) is 8.42 Å². The van der Waals surface area contributed by atoms with Crippen molar-refractivity contribution < 1.29 is 12.6 Å². The van der Waals surface area contributed by atoms with Crippen LogP contribution in [0.15, 0.2) is 41.3 Å². The summed E-state index contributed by atoms with van der Waals surface area (Å²) in [7, 11) is -4.00. The first-order chi connectivity index (χ1) is 12.3. The van der Waals surface area contributed by atoms with E-state index in [1.54, 1.807) is 25.1 Å². The predicted molar refractivity (Wildman–Crippen MR) is 97.0 cm³/mol. The van der Waals surface area contributed by atoms with Gasteiger partial charge < -0.3 is 4.18 Å². The van der Waals surface area contributed by atoms with E-state index in [-0.39, 0.29) is 16.7 Å². The molecule has 0 atom stereocenters. The number of rotatable bonds is 5. The Labute approximate surface area is 152 Å². The van der Waals surface area contributed by atoms with Crippen molar-refractivity contribution in [1.29, 1.82) is 0 Å². The van der Waals surface area contributed by atoms with Gasteiger partial charge in [-0.3, -0.25) is 0 Å². The number of hydrogen-bond donors (Lipinski definition) is 0. The average molecular weight is 372 g/mol. The predicted octanol–water partition coefficient (Wildman–Crippen LogP) is 2.92. The SMILES string of the molecule is CCc1c(C)nn(-c2nc(C)cc(C)n2)c1OS(=O)(=O)c1ccccc1. The molecule has 0 N–H and O–H groups in total. The minimum atomic E-state index is -4.00. The lowest BCUT2D eigenvalue weighted by molar-refractivity contribution is 0.459. The second kappa shape index (κ2) is 6.87. The minimum Gasteiger partial charge on any atom is -0.358 e. The fourth-order valence-corrected chi connectivity index (χ4v) is 3.67. The summed E-state index contributed by atoms with van der Waals surface area (Å²) in [6.45, 7) is 7.41. The maximum Gasteiger partial charge on any atom is 0.340 e. The van der Waals surface area contributed by atoms with Gasteiger partial charge in [-0.2, -0.15) is 18.2 Å². The third kappa shape index (κ3) is 3.45. The van der Waals surface area contributed by atoms with Gasteiger partial charge in [-0.25, -0.2) is 9.97 Å². The molecule has 2 aromatic heterocycles. The third-order valence-electron chi connectivity index (χ3n) is 3.87. The lowest BCUT2D eigenvalue weighted by Gasteiger charge is -2.11. The maximum atomic E-state index is 12.7. The quantitative estimate of drug-likeness (QED) is 0.640. The lowest BCUT2D eigenvalue weighted by Crippen LogP contribution is -2.15. The van der Waals surface area contributed by atoms with Gasteiger partial charge in [-0.1, -0.05) is 25.1 Å². The van der Waals surface area contributed by atoms with Crippen molar-refractivity contribution in [1.82, 2.24) is 19.7 Å². The lowest BCUT2D eigenvalue weighted by atomic mass is 10.2. The molecule has 26 heavy (non-hydrogen) atoms. The average Bonchev–Trinajstić information content (AvgIpc) is 2.89. The molecule has 7 nitrogen and oxygen atoms in total. The number of aromatic nitrogens is 4. The van der Waals surface area contributed by atoms with Crippen LogP contribution in [-0.4, -0.2) is 28.2 Å². The van der Waals surface area contributed by atoms with Crippen molar-refractivity contribution in [3.63, 3.8) is 0 Å². The Morgan fingerprint density at radius 3 is 2.23 bits per heavy atom. The first-order valence-corrected chi connectivity index (χ1v) is 9.63. The fourth-order valence-electron chi connectivity index (χ4n) is 2.71. The molecule has 0 aliphatic heterocycles. The van der Waals surface area contributed by atoms with Crippen LogP contribution in [0, 0.1) is 20.8 Å². The Balaban J connectivity index is 2.15. The van der Waals surface area contributed by atoms with Crippen LogP contribution in [0.5, 0.6) is 5.88 Å². The molecule has 0 saturated heterocycles. The molecule has 0 amide bonds. The van der Waals surface area contributed by atoms with Gasteiger partial charge in [0.15, 0.2) is 0 Å². The Bertz CT molecular complexity index is 1020. The maximum absolute atomic E-state index is 12.7. The molecule has 8 heteroatoms. The summed E-state index contributed by atoms with van der Waals surface area (Å²) >= 11 is 0. The third-order valence-corrected chi connectivity index (χ3v) is 5.10. The van der Waals surface area contributed by atoms with E-state index in [4.69, 9.17) is 4.18 Å². The van der Waals surface area contributed by atoms with Crippen LogP contribution >= 0.6 is 0 Å². The highest BCUT2D eigenvalue weighted by molar-refractivity contribution is 7.87. The molecule has 2 heterocycles. The molecule has 136 valence electrons. The summed E-state index contributed by atoms with van der Waals surface area (Å²) < 4.78 is 32.2. The van der Waals surface area contributed by atoms with Crippen molar-refractivity contribution in [2.45, 2.75) is 39.0 Å². The summed E-state index contributed by atoms with van der Waals surface area (Å²) in [4.78, 5) is 8.82. The van der Waals surface area contributed by atoms with Crippen molar-refractivity contribution in [2.75, 3.05) is 0 Å². The molecule has 1 aromatic carbocycles. The number of nitrogens with zero attached hydrogens (tertiary/aromatic N) is 4. The zero-order valence-electron chi connectivity index (χ0n) is 15.1. The second-order valence-electron chi connectivity index (χ2n) is 5.94. The highest BCUT2D eigenvalue weighted by Gasteiger charge is 2.25. The van der Waals surface area contributed by atoms with Gasteiger partial charge in [-0.15, -0.1) is 0 Å². The van der Waals surface area contributed by atoms with Crippen LogP contribution < -0.4 is 4.18 Å². The van der Waals surface area contributed by atoms with E-state index in [0.717, 1.165) is 11.4 Å². The van der Waals surface area contributed by atoms with E-state index in [1.807, 2.05) is 26.8 Å². The Hall–Kier alpha value is -2.74. The summed E-state index contributed by atoms with van der Waals surface area (Å²) in [6, 6.07) is 9.85. The fraction of sp³-hybridized carbons (Fsp3) is 0.278. The first kappa shape index (κ1) is 18.1. The standard InChI is InChI=1S/C18H20N4O3S/c1-5-16-14(4)21-22(18-19-12(2)11-13(3)20-18)17(16)25-26(23,24)15-9-7-6-8-10-15/h6-11H,5H2,1-4H3. The molecule has 0 radical (unpaired) electrons. The Kier molecular flexibility index (Phi) is 4.78. The zero-order chi connectivity index (χ0) is 18.9. The van der Waals surface area contributed by atoms with Gasteiger partial charge in [0.2, 0.25) is 5.88 Å². The number of aryl methyl sites for hydroxylation is 3. The van der Waals surface area contributed by atoms with Crippen LogP contribution in [-0.2, 0) is 16.5 Å². The molecule has 0 saturated carbocycles. The van der Waals surface area contributed by atoms with Crippen molar-refractivity contribution in [2.24, 2.45) is 0 Å². The number of benzene rings is 1.